The molecule has 23 heavy (non-hydrogen) atoms. The first-order chi connectivity index (χ1) is 11.1. The van der Waals surface area contributed by atoms with E-state index in [0.717, 1.165) is 38.9 Å². The van der Waals surface area contributed by atoms with Crippen molar-refractivity contribution in [1.29, 1.82) is 0 Å². The third kappa shape index (κ3) is 6.91. The second-order valence-corrected chi connectivity index (χ2v) is 5.59. The highest BCUT2D eigenvalue weighted by molar-refractivity contribution is 5.95. The average molecular weight is 321 g/mol. The van der Waals surface area contributed by atoms with E-state index in [9.17, 15) is 4.79 Å². The fourth-order valence-electron chi connectivity index (χ4n) is 2.34. The quantitative estimate of drug-likeness (QED) is 0.486. The molecule has 3 N–H and O–H groups in total. The number of ether oxygens (including phenoxy) is 1. The van der Waals surface area contributed by atoms with E-state index in [2.05, 4.69) is 24.1 Å². The molecule has 1 aromatic carbocycles. The Labute approximate surface area is 140 Å². The fourth-order valence-corrected chi connectivity index (χ4v) is 2.34. The molecule has 5 nitrogen and oxygen atoms in total. The van der Waals surface area contributed by atoms with Crippen LogP contribution >= 0.6 is 0 Å². The van der Waals surface area contributed by atoms with Crippen molar-refractivity contribution in [2.75, 3.05) is 38.5 Å². The number of carbonyl (C=O) groups excluding carboxylic acids is 1. The molecule has 0 fully saturated rings. The molecule has 0 aliphatic heterocycles. The van der Waals surface area contributed by atoms with Crippen LogP contribution in [0, 0.1) is 0 Å². The van der Waals surface area contributed by atoms with Crippen LogP contribution in [-0.4, -0.2) is 43.6 Å². The van der Waals surface area contributed by atoms with Crippen LogP contribution in [0.2, 0.25) is 0 Å². The number of hydrogen-bond donors (Lipinski definition) is 2. The van der Waals surface area contributed by atoms with E-state index in [1.165, 1.54) is 0 Å². The number of unbranched alkanes of at least 4 members (excludes halogenated alkanes) is 1. The maximum absolute atomic E-state index is 12.1. The van der Waals surface area contributed by atoms with E-state index in [-0.39, 0.29) is 5.91 Å². The third-order valence-corrected chi connectivity index (χ3v) is 3.81. The summed E-state index contributed by atoms with van der Waals surface area (Å²) in [5.41, 5.74) is 7.02. The number of carbonyl (C=O) groups is 1. The summed E-state index contributed by atoms with van der Waals surface area (Å²) in [6.45, 7) is 10.9. The lowest BCUT2D eigenvalue weighted by molar-refractivity contribution is 0.0952. The van der Waals surface area contributed by atoms with E-state index in [0.29, 0.717) is 30.2 Å². The molecule has 0 aliphatic carbocycles. The van der Waals surface area contributed by atoms with E-state index in [4.69, 9.17) is 10.5 Å². The molecule has 5 heteroatoms. The number of nitrogens with one attached hydrogen (secondary N) is 1. The zero-order valence-corrected chi connectivity index (χ0v) is 14.7. The topological polar surface area (TPSA) is 67.6 Å². The highest BCUT2D eigenvalue weighted by Crippen LogP contribution is 2.22. The number of hydrogen-bond acceptors (Lipinski definition) is 4. The highest BCUT2D eigenvalue weighted by Gasteiger charge is 2.08. The summed E-state index contributed by atoms with van der Waals surface area (Å²) in [4.78, 5) is 14.5. The number of rotatable bonds is 11. The van der Waals surface area contributed by atoms with Gasteiger partial charge in [-0.3, -0.25) is 4.79 Å². The Kier molecular flexibility index (Phi) is 9.14. The fraction of sp³-hybridized carbons (Fsp3) is 0.611. The van der Waals surface area contributed by atoms with Crippen molar-refractivity contribution in [2.45, 2.75) is 40.0 Å². The average Bonchev–Trinajstić information content (AvgIpc) is 2.56. The van der Waals surface area contributed by atoms with Gasteiger partial charge in [-0.2, -0.15) is 0 Å². The molecule has 0 saturated carbocycles. The van der Waals surface area contributed by atoms with Crippen molar-refractivity contribution in [3.05, 3.63) is 23.8 Å². The van der Waals surface area contributed by atoms with Gasteiger partial charge in [0, 0.05) is 12.1 Å². The molecule has 130 valence electrons. The molecule has 1 amide bonds. The van der Waals surface area contributed by atoms with Gasteiger partial charge in [-0.25, -0.2) is 0 Å². The van der Waals surface area contributed by atoms with Crippen LogP contribution in [0.4, 0.5) is 5.69 Å². The second kappa shape index (κ2) is 10.9. The lowest BCUT2D eigenvalue weighted by atomic mass is 10.1. The number of benzene rings is 1. The van der Waals surface area contributed by atoms with Gasteiger partial charge in [0.25, 0.3) is 5.91 Å². The standard InChI is InChI=1S/C18H31N3O2/c1-4-13-23-17-10-9-15(14-16(17)19)18(22)20-11-7-8-12-21(5-2)6-3/h9-10,14H,4-8,11-13,19H2,1-3H3,(H,20,22). The van der Waals surface area contributed by atoms with Gasteiger partial charge >= 0.3 is 0 Å². The Morgan fingerprint density at radius 3 is 2.57 bits per heavy atom. The number of anilines is 1. The van der Waals surface area contributed by atoms with Gasteiger partial charge in [-0.15, -0.1) is 0 Å². The Morgan fingerprint density at radius 2 is 1.96 bits per heavy atom. The predicted octanol–water partition coefficient (Wildman–Crippen LogP) is 2.91. The molecular weight excluding hydrogens is 290 g/mol. The number of nitrogens with two attached hydrogens (primary N) is 1. The largest absolute Gasteiger partial charge is 0.491 e. The SMILES string of the molecule is CCCOc1ccc(C(=O)NCCCCN(CC)CC)cc1N. The smallest absolute Gasteiger partial charge is 0.251 e. The van der Waals surface area contributed by atoms with Crippen LogP contribution in [0.1, 0.15) is 50.4 Å². The summed E-state index contributed by atoms with van der Waals surface area (Å²) in [5, 5.41) is 2.94. The minimum Gasteiger partial charge on any atom is -0.491 e. The molecule has 0 radical (unpaired) electrons. The van der Waals surface area contributed by atoms with Crippen LogP contribution in [0.15, 0.2) is 18.2 Å². The van der Waals surface area contributed by atoms with Gasteiger partial charge in [-0.05, 0) is 57.1 Å². The molecule has 0 bridgehead atoms. The normalized spacial score (nSPS) is 10.8. The summed E-state index contributed by atoms with van der Waals surface area (Å²) in [5.74, 6) is 0.559. The van der Waals surface area contributed by atoms with Crippen molar-refractivity contribution in [1.82, 2.24) is 10.2 Å². The molecule has 0 saturated heterocycles. The van der Waals surface area contributed by atoms with Crippen molar-refractivity contribution in [2.24, 2.45) is 0 Å². The van der Waals surface area contributed by atoms with Crippen molar-refractivity contribution >= 4 is 11.6 Å². The summed E-state index contributed by atoms with van der Waals surface area (Å²) < 4.78 is 5.52. The van der Waals surface area contributed by atoms with Gasteiger partial charge in [-0.1, -0.05) is 20.8 Å². The number of nitrogen functional groups attached to an aromatic ring is 1. The van der Waals surface area contributed by atoms with Crippen LogP contribution < -0.4 is 15.8 Å². The van der Waals surface area contributed by atoms with E-state index < -0.39 is 0 Å². The summed E-state index contributed by atoms with van der Waals surface area (Å²) >= 11 is 0. The van der Waals surface area contributed by atoms with E-state index in [1.54, 1.807) is 18.2 Å². The predicted molar refractivity (Wildman–Crippen MR) is 96.0 cm³/mol. The molecule has 1 rings (SSSR count). The third-order valence-electron chi connectivity index (χ3n) is 3.81. The van der Waals surface area contributed by atoms with Crippen molar-refractivity contribution in [3.8, 4) is 5.75 Å². The monoisotopic (exact) mass is 321 g/mol. The summed E-state index contributed by atoms with van der Waals surface area (Å²) in [6, 6.07) is 5.20. The Balaban J connectivity index is 2.36. The Hall–Kier alpha value is -1.75. The molecule has 1 aromatic rings. The second-order valence-electron chi connectivity index (χ2n) is 5.59. The zero-order valence-electron chi connectivity index (χ0n) is 14.7. The summed E-state index contributed by atoms with van der Waals surface area (Å²) in [6.07, 6.45) is 3.00. The van der Waals surface area contributed by atoms with Crippen LogP contribution in [-0.2, 0) is 0 Å². The van der Waals surface area contributed by atoms with Crippen LogP contribution in [0.5, 0.6) is 5.75 Å². The Bertz CT molecular complexity index is 473. The van der Waals surface area contributed by atoms with Crippen LogP contribution in [0.25, 0.3) is 0 Å². The number of nitrogens with zero attached hydrogens (tertiary/aromatic N) is 1. The molecule has 0 spiro atoms. The van der Waals surface area contributed by atoms with Crippen molar-refractivity contribution < 1.29 is 9.53 Å². The first-order valence-corrected chi connectivity index (χ1v) is 8.65. The molecule has 0 aromatic heterocycles. The van der Waals surface area contributed by atoms with Crippen LogP contribution in [0.3, 0.4) is 0 Å². The molecule has 0 heterocycles. The Morgan fingerprint density at radius 1 is 1.22 bits per heavy atom. The lowest BCUT2D eigenvalue weighted by Gasteiger charge is -2.17. The van der Waals surface area contributed by atoms with Gasteiger partial charge in [0.1, 0.15) is 5.75 Å². The van der Waals surface area contributed by atoms with E-state index >= 15 is 0 Å². The lowest BCUT2D eigenvalue weighted by Crippen LogP contribution is -2.27. The minimum atomic E-state index is -0.0819. The molecule has 0 atom stereocenters. The first-order valence-electron chi connectivity index (χ1n) is 8.65. The van der Waals surface area contributed by atoms with Gasteiger partial charge in [0.2, 0.25) is 0 Å². The number of amides is 1. The van der Waals surface area contributed by atoms with Crippen molar-refractivity contribution in [3.63, 3.8) is 0 Å². The van der Waals surface area contributed by atoms with E-state index in [1.807, 2.05) is 6.92 Å². The van der Waals surface area contributed by atoms with Gasteiger partial charge in [0.15, 0.2) is 0 Å². The van der Waals surface area contributed by atoms with Gasteiger partial charge < -0.3 is 20.7 Å². The maximum atomic E-state index is 12.1. The maximum Gasteiger partial charge on any atom is 0.251 e. The molecular formula is C18H31N3O2. The highest BCUT2D eigenvalue weighted by atomic mass is 16.5. The summed E-state index contributed by atoms with van der Waals surface area (Å²) in [7, 11) is 0. The first kappa shape index (κ1) is 19.3. The zero-order chi connectivity index (χ0) is 17.1. The molecule has 0 aliphatic rings. The minimum absolute atomic E-state index is 0.0819. The molecule has 0 unspecified atom stereocenters. The van der Waals surface area contributed by atoms with Gasteiger partial charge in [0.05, 0.1) is 12.3 Å².